The Morgan fingerprint density at radius 3 is 2.78 bits per heavy atom. The van der Waals surface area contributed by atoms with Crippen molar-refractivity contribution in [1.29, 1.82) is 5.26 Å². The third-order valence-corrected chi connectivity index (χ3v) is 3.25. The lowest BCUT2D eigenvalue weighted by atomic mass is 10.0. The molecule has 0 fully saturated rings. The molecule has 0 N–H and O–H groups in total. The molecule has 2 rings (SSSR count). The van der Waals surface area contributed by atoms with Crippen molar-refractivity contribution in [2.45, 2.75) is 12.5 Å². The van der Waals surface area contributed by atoms with Crippen LogP contribution in [0.5, 0.6) is 0 Å². The van der Waals surface area contributed by atoms with E-state index in [1.807, 2.05) is 36.8 Å². The van der Waals surface area contributed by atoms with Gasteiger partial charge in [-0.05, 0) is 37.9 Å². The first-order valence-electron chi connectivity index (χ1n) is 5.82. The fourth-order valence-electron chi connectivity index (χ4n) is 2.32. The van der Waals surface area contributed by atoms with Gasteiger partial charge in [0, 0.05) is 30.2 Å². The molecule has 18 heavy (non-hydrogen) atoms. The van der Waals surface area contributed by atoms with Crippen LogP contribution in [-0.4, -0.2) is 23.6 Å². The second-order valence-electron chi connectivity index (χ2n) is 4.70. The Morgan fingerprint density at radius 2 is 2.17 bits per heavy atom. The number of halogens is 1. The van der Waals surface area contributed by atoms with Crippen LogP contribution in [0.2, 0.25) is 0 Å². The van der Waals surface area contributed by atoms with Gasteiger partial charge in [-0.1, -0.05) is 0 Å². The summed E-state index contributed by atoms with van der Waals surface area (Å²) in [5, 5.41) is 9.80. The molecular weight excluding hydrogens is 229 g/mol. The van der Waals surface area contributed by atoms with Crippen molar-refractivity contribution in [2.75, 3.05) is 14.1 Å². The SMILES string of the molecule is CN(C)C(CC#N)c1cn(C)c2ccc(F)cc12. The molecule has 1 aromatic carbocycles. The number of benzene rings is 1. The van der Waals surface area contributed by atoms with Crippen LogP contribution in [0.4, 0.5) is 4.39 Å². The lowest BCUT2D eigenvalue weighted by Crippen LogP contribution is -2.19. The number of nitrogens with zero attached hydrogens (tertiary/aromatic N) is 3. The van der Waals surface area contributed by atoms with Crippen LogP contribution in [0.15, 0.2) is 24.4 Å². The average molecular weight is 245 g/mol. The normalized spacial score (nSPS) is 12.9. The van der Waals surface area contributed by atoms with Crippen molar-refractivity contribution in [3.63, 3.8) is 0 Å². The van der Waals surface area contributed by atoms with E-state index in [1.165, 1.54) is 6.07 Å². The van der Waals surface area contributed by atoms with Crippen LogP contribution in [0.3, 0.4) is 0 Å². The maximum atomic E-state index is 13.4. The maximum Gasteiger partial charge on any atom is 0.123 e. The van der Waals surface area contributed by atoms with E-state index in [-0.39, 0.29) is 11.9 Å². The van der Waals surface area contributed by atoms with Gasteiger partial charge in [0.2, 0.25) is 0 Å². The largest absolute Gasteiger partial charge is 0.350 e. The van der Waals surface area contributed by atoms with E-state index in [4.69, 9.17) is 5.26 Å². The molecule has 0 amide bonds. The van der Waals surface area contributed by atoms with Crippen molar-refractivity contribution in [1.82, 2.24) is 9.47 Å². The van der Waals surface area contributed by atoms with Gasteiger partial charge in [-0.2, -0.15) is 5.26 Å². The van der Waals surface area contributed by atoms with E-state index >= 15 is 0 Å². The summed E-state index contributed by atoms with van der Waals surface area (Å²) in [6, 6.07) is 6.95. The van der Waals surface area contributed by atoms with Crippen LogP contribution in [-0.2, 0) is 7.05 Å². The highest BCUT2D eigenvalue weighted by atomic mass is 19.1. The number of hydrogen-bond acceptors (Lipinski definition) is 2. The predicted octanol–water partition coefficient (Wildman–Crippen LogP) is 2.83. The zero-order chi connectivity index (χ0) is 13.3. The third kappa shape index (κ3) is 2.09. The maximum absolute atomic E-state index is 13.4. The molecule has 2 aromatic rings. The first-order valence-corrected chi connectivity index (χ1v) is 5.82. The number of aromatic nitrogens is 1. The van der Waals surface area contributed by atoms with E-state index in [1.54, 1.807) is 12.1 Å². The minimum absolute atomic E-state index is 0.0134. The van der Waals surface area contributed by atoms with Gasteiger partial charge < -0.3 is 9.47 Å². The van der Waals surface area contributed by atoms with Crippen LogP contribution >= 0.6 is 0 Å². The van der Waals surface area contributed by atoms with Crippen LogP contribution in [0.25, 0.3) is 10.9 Å². The van der Waals surface area contributed by atoms with Crippen LogP contribution in [0.1, 0.15) is 18.0 Å². The van der Waals surface area contributed by atoms with Gasteiger partial charge in [0.25, 0.3) is 0 Å². The predicted molar refractivity (Wildman–Crippen MR) is 69.5 cm³/mol. The lowest BCUT2D eigenvalue weighted by Gasteiger charge is -2.21. The molecule has 94 valence electrons. The molecule has 1 aromatic heterocycles. The number of rotatable bonds is 3. The van der Waals surface area contributed by atoms with Crippen molar-refractivity contribution >= 4 is 10.9 Å². The zero-order valence-corrected chi connectivity index (χ0v) is 10.8. The highest BCUT2D eigenvalue weighted by Crippen LogP contribution is 2.30. The molecule has 1 unspecified atom stereocenters. The second kappa shape index (κ2) is 4.79. The quantitative estimate of drug-likeness (QED) is 0.832. The summed E-state index contributed by atoms with van der Waals surface area (Å²) in [5.74, 6) is -0.246. The Bertz CT molecular complexity index is 607. The van der Waals surface area contributed by atoms with E-state index in [9.17, 15) is 4.39 Å². The Hall–Kier alpha value is -1.86. The summed E-state index contributed by atoms with van der Waals surface area (Å²) in [4.78, 5) is 1.99. The fraction of sp³-hybridized carbons (Fsp3) is 0.357. The van der Waals surface area contributed by atoms with Gasteiger partial charge in [-0.15, -0.1) is 0 Å². The summed E-state index contributed by atoms with van der Waals surface area (Å²) in [7, 11) is 5.79. The highest BCUT2D eigenvalue weighted by Gasteiger charge is 2.19. The minimum Gasteiger partial charge on any atom is -0.350 e. The van der Waals surface area contributed by atoms with Crippen molar-refractivity contribution in [3.05, 3.63) is 35.8 Å². The molecule has 3 nitrogen and oxygen atoms in total. The van der Waals surface area contributed by atoms with Gasteiger partial charge >= 0.3 is 0 Å². The molecule has 0 saturated heterocycles. The summed E-state index contributed by atoms with van der Waals surface area (Å²) < 4.78 is 15.4. The summed E-state index contributed by atoms with van der Waals surface area (Å²) >= 11 is 0. The molecule has 0 radical (unpaired) electrons. The molecule has 0 bridgehead atoms. The first-order chi connectivity index (χ1) is 8.54. The molecule has 1 heterocycles. The molecule has 0 aliphatic rings. The number of hydrogen-bond donors (Lipinski definition) is 0. The second-order valence-corrected chi connectivity index (χ2v) is 4.70. The highest BCUT2D eigenvalue weighted by molar-refractivity contribution is 5.84. The number of nitriles is 1. The first kappa shape index (κ1) is 12.6. The summed E-state index contributed by atoms with van der Waals surface area (Å²) in [5.41, 5.74) is 1.98. The molecule has 0 saturated carbocycles. The number of aryl methyl sites for hydroxylation is 1. The monoisotopic (exact) mass is 245 g/mol. The van der Waals surface area contributed by atoms with Gasteiger partial charge in [-0.25, -0.2) is 4.39 Å². The van der Waals surface area contributed by atoms with E-state index in [0.717, 1.165) is 16.5 Å². The Kier molecular flexibility index (Phi) is 3.35. The van der Waals surface area contributed by atoms with E-state index in [0.29, 0.717) is 6.42 Å². The third-order valence-electron chi connectivity index (χ3n) is 3.25. The molecular formula is C14H16FN3. The van der Waals surface area contributed by atoms with Gasteiger partial charge in [0.15, 0.2) is 0 Å². The van der Waals surface area contributed by atoms with Crippen molar-refractivity contribution in [3.8, 4) is 6.07 Å². The molecule has 0 spiro atoms. The van der Waals surface area contributed by atoms with Gasteiger partial charge in [-0.3, -0.25) is 0 Å². The Morgan fingerprint density at radius 1 is 1.44 bits per heavy atom. The van der Waals surface area contributed by atoms with Crippen molar-refractivity contribution < 1.29 is 4.39 Å². The summed E-state index contributed by atoms with van der Waals surface area (Å²) in [6.45, 7) is 0. The Balaban J connectivity index is 2.63. The Labute approximate surface area is 106 Å². The average Bonchev–Trinajstić information content (AvgIpc) is 2.62. The minimum atomic E-state index is -0.246. The van der Waals surface area contributed by atoms with Crippen LogP contribution in [0, 0.1) is 17.1 Å². The molecule has 4 heteroatoms. The topological polar surface area (TPSA) is 32.0 Å². The van der Waals surface area contributed by atoms with Gasteiger partial charge in [0.1, 0.15) is 5.82 Å². The standard InChI is InChI=1S/C14H16FN3/c1-17(2)13(6-7-16)12-9-18(3)14-5-4-10(15)8-11(12)14/h4-5,8-9,13H,6H2,1-3H3. The number of fused-ring (bicyclic) bond motifs is 1. The van der Waals surface area contributed by atoms with E-state index in [2.05, 4.69) is 6.07 Å². The van der Waals surface area contributed by atoms with Gasteiger partial charge in [0.05, 0.1) is 12.5 Å². The zero-order valence-electron chi connectivity index (χ0n) is 10.8. The van der Waals surface area contributed by atoms with Crippen LogP contribution < -0.4 is 0 Å². The smallest absolute Gasteiger partial charge is 0.123 e. The molecule has 0 aliphatic heterocycles. The molecule has 0 aliphatic carbocycles. The van der Waals surface area contributed by atoms with E-state index < -0.39 is 0 Å². The molecule has 1 atom stereocenters. The summed E-state index contributed by atoms with van der Waals surface area (Å²) in [6.07, 6.45) is 2.37. The fourth-order valence-corrected chi connectivity index (χ4v) is 2.32. The van der Waals surface area contributed by atoms with Crippen molar-refractivity contribution in [2.24, 2.45) is 7.05 Å². The lowest BCUT2D eigenvalue weighted by molar-refractivity contribution is 0.305.